The second-order valence-corrected chi connectivity index (χ2v) is 7.92. The number of fused-ring (bicyclic) bond motifs is 2. The van der Waals surface area contributed by atoms with Crippen LogP contribution < -0.4 is 10.9 Å². The Labute approximate surface area is 183 Å². The van der Waals surface area contributed by atoms with Crippen molar-refractivity contribution in [1.82, 2.24) is 24.5 Å². The van der Waals surface area contributed by atoms with Crippen LogP contribution in [0, 0.1) is 19.7 Å². The normalized spacial score (nSPS) is 12.4. The SMILES string of the molecule is Cc1ccc(-n2c([C@@H](C)Nc3ncnc4nc[nH]c34)cc3ccc(F)cc3c2=O)c(C)c1. The summed E-state index contributed by atoms with van der Waals surface area (Å²) >= 11 is 0. The van der Waals surface area contributed by atoms with Crippen molar-refractivity contribution in [2.24, 2.45) is 0 Å². The van der Waals surface area contributed by atoms with Gasteiger partial charge in [0.1, 0.15) is 17.7 Å². The van der Waals surface area contributed by atoms with E-state index in [0.717, 1.165) is 22.5 Å². The van der Waals surface area contributed by atoms with E-state index in [-0.39, 0.29) is 11.6 Å². The van der Waals surface area contributed by atoms with Crippen LogP contribution in [0.1, 0.15) is 29.8 Å². The lowest BCUT2D eigenvalue weighted by atomic mass is 10.1. The number of pyridine rings is 1. The number of benzene rings is 2. The summed E-state index contributed by atoms with van der Waals surface area (Å²) in [6.45, 7) is 5.92. The summed E-state index contributed by atoms with van der Waals surface area (Å²) < 4.78 is 15.6. The van der Waals surface area contributed by atoms with Gasteiger partial charge in [0.25, 0.3) is 5.56 Å². The Hall–Kier alpha value is -4.07. The Morgan fingerprint density at radius 3 is 2.72 bits per heavy atom. The van der Waals surface area contributed by atoms with E-state index in [2.05, 4.69) is 25.3 Å². The van der Waals surface area contributed by atoms with Gasteiger partial charge in [0.15, 0.2) is 11.5 Å². The van der Waals surface area contributed by atoms with Gasteiger partial charge in [-0.1, -0.05) is 23.8 Å². The minimum atomic E-state index is -0.441. The summed E-state index contributed by atoms with van der Waals surface area (Å²) in [7, 11) is 0. The van der Waals surface area contributed by atoms with E-state index in [4.69, 9.17) is 0 Å². The van der Waals surface area contributed by atoms with E-state index in [1.54, 1.807) is 17.0 Å². The smallest absolute Gasteiger partial charge is 0.263 e. The molecule has 0 aliphatic carbocycles. The Balaban J connectivity index is 1.73. The number of anilines is 1. The summed E-state index contributed by atoms with van der Waals surface area (Å²) in [4.78, 5) is 29.3. The molecule has 3 aromatic heterocycles. The molecule has 5 aromatic rings. The predicted molar refractivity (Wildman–Crippen MR) is 123 cm³/mol. The number of H-pyrrole nitrogens is 1. The fraction of sp³-hybridized carbons (Fsp3) is 0.167. The fourth-order valence-corrected chi connectivity index (χ4v) is 4.08. The highest BCUT2D eigenvalue weighted by Crippen LogP contribution is 2.27. The molecule has 7 nitrogen and oxygen atoms in total. The van der Waals surface area contributed by atoms with Crippen molar-refractivity contribution in [2.45, 2.75) is 26.8 Å². The van der Waals surface area contributed by atoms with Gasteiger partial charge in [0.2, 0.25) is 0 Å². The maximum absolute atomic E-state index is 14.0. The maximum Gasteiger partial charge on any atom is 0.263 e. The largest absolute Gasteiger partial charge is 0.360 e. The van der Waals surface area contributed by atoms with Crippen LogP contribution in [0.15, 0.2) is 59.9 Å². The number of rotatable bonds is 4. The molecule has 32 heavy (non-hydrogen) atoms. The van der Waals surface area contributed by atoms with Gasteiger partial charge in [-0.2, -0.15) is 0 Å². The molecule has 1 atom stereocenters. The number of hydrogen-bond acceptors (Lipinski definition) is 5. The van der Waals surface area contributed by atoms with Gasteiger partial charge in [-0.25, -0.2) is 19.3 Å². The molecule has 0 saturated heterocycles. The van der Waals surface area contributed by atoms with Crippen molar-refractivity contribution in [1.29, 1.82) is 0 Å². The number of aromatic amines is 1. The zero-order chi connectivity index (χ0) is 22.4. The molecule has 0 aliphatic heterocycles. The third kappa shape index (κ3) is 3.30. The maximum atomic E-state index is 14.0. The minimum absolute atomic E-state index is 0.271. The van der Waals surface area contributed by atoms with Gasteiger partial charge >= 0.3 is 0 Å². The average Bonchev–Trinajstić information content (AvgIpc) is 3.25. The highest BCUT2D eigenvalue weighted by Gasteiger charge is 2.19. The lowest BCUT2D eigenvalue weighted by molar-refractivity contribution is 0.629. The number of nitrogens with zero attached hydrogens (tertiary/aromatic N) is 4. The van der Waals surface area contributed by atoms with E-state index in [1.807, 2.05) is 45.0 Å². The first-order chi connectivity index (χ1) is 15.4. The Kier molecular flexibility index (Phi) is 4.70. The van der Waals surface area contributed by atoms with Crippen LogP contribution in [0.5, 0.6) is 0 Å². The van der Waals surface area contributed by atoms with E-state index >= 15 is 0 Å². The summed E-state index contributed by atoms with van der Waals surface area (Å²) in [5.41, 5.74) is 4.50. The van der Waals surface area contributed by atoms with Crippen LogP contribution in [0.25, 0.3) is 27.6 Å². The molecule has 8 heteroatoms. The lowest BCUT2D eigenvalue weighted by Crippen LogP contribution is -2.26. The number of aryl methyl sites for hydroxylation is 2. The molecule has 0 bridgehead atoms. The van der Waals surface area contributed by atoms with Crippen LogP contribution in [0.2, 0.25) is 0 Å². The molecular formula is C24H21FN6O. The average molecular weight is 428 g/mol. The van der Waals surface area contributed by atoms with Crippen molar-refractivity contribution < 1.29 is 4.39 Å². The summed E-state index contributed by atoms with van der Waals surface area (Å²) in [5.74, 6) is 0.141. The third-order valence-electron chi connectivity index (χ3n) is 5.62. The van der Waals surface area contributed by atoms with Crippen molar-refractivity contribution in [3.63, 3.8) is 0 Å². The quantitative estimate of drug-likeness (QED) is 0.437. The van der Waals surface area contributed by atoms with Crippen molar-refractivity contribution in [3.8, 4) is 5.69 Å². The summed E-state index contributed by atoms with van der Waals surface area (Å²) in [5, 5.41) is 4.38. The number of halogens is 1. The van der Waals surface area contributed by atoms with E-state index in [0.29, 0.717) is 27.8 Å². The predicted octanol–water partition coefficient (Wildman–Crippen LogP) is 4.59. The topological polar surface area (TPSA) is 88.5 Å². The third-order valence-corrected chi connectivity index (χ3v) is 5.62. The standard InChI is InChI=1S/C24H21FN6O/c1-13-4-7-19(14(2)8-13)31-20(9-16-5-6-17(25)10-18(16)24(31)32)15(3)30-23-21-22(27-11-26-21)28-12-29-23/h4-12,15H,1-3H3,(H2,26,27,28,29,30)/t15-/m1/s1. The van der Waals surface area contributed by atoms with Gasteiger partial charge in [-0.3, -0.25) is 9.36 Å². The van der Waals surface area contributed by atoms with Crippen molar-refractivity contribution in [3.05, 3.63) is 88.1 Å². The molecular weight excluding hydrogens is 407 g/mol. The van der Waals surface area contributed by atoms with Crippen LogP contribution >= 0.6 is 0 Å². The highest BCUT2D eigenvalue weighted by atomic mass is 19.1. The number of aromatic nitrogens is 5. The van der Waals surface area contributed by atoms with Gasteiger partial charge in [-0.15, -0.1) is 0 Å². The van der Waals surface area contributed by atoms with E-state index < -0.39 is 5.82 Å². The lowest BCUT2D eigenvalue weighted by Gasteiger charge is -2.22. The zero-order valence-corrected chi connectivity index (χ0v) is 17.8. The molecule has 160 valence electrons. The Bertz CT molecular complexity index is 1540. The van der Waals surface area contributed by atoms with Gasteiger partial charge in [0.05, 0.1) is 23.4 Å². The molecule has 3 heterocycles. The monoisotopic (exact) mass is 428 g/mol. The zero-order valence-electron chi connectivity index (χ0n) is 17.8. The van der Waals surface area contributed by atoms with Crippen LogP contribution in [-0.4, -0.2) is 24.5 Å². The van der Waals surface area contributed by atoms with E-state index in [1.165, 1.54) is 18.5 Å². The van der Waals surface area contributed by atoms with Gasteiger partial charge < -0.3 is 10.3 Å². The fourth-order valence-electron chi connectivity index (χ4n) is 4.08. The number of imidazole rings is 1. The molecule has 2 aromatic carbocycles. The van der Waals surface area contributed by atoms with Crippen molar-refractivity contribution in [2.75, 3.05) is 5.32 Å². The van der Waals surface area contributed by atoms with Crippen LogP contribution in [-0.2, 0) is 0 Å². The Morgan fingerprint density at radius 1 is 1.06 bits per heavy atom. The molecule has 0 fully saturated rings. The molecule has 0 unspecified atom stereocenters. The molecule has 2 N–H and O–H groups in total. The van der Waals surface area contributed by atoms with E-state index in [9.17, 15) is 9.18 Å². The van der Waals surface area contributed by atoms with Crippen LogP contribution in [0.4, 0.5) is 10.2 Å². The summed E-state index contributed by atoms with van der Waals surface area (Å²) in [6, 6.07) is 11.8. The first-order valence-corrected chi connectivity index (χ1v) is 10.3. The highest BCUT2D eigenvalue weighted by molar-refractivity contribution is 5.84. The molecule has 0 spiro atoms. The van der Waals surface area contributed by atoms with Gasteiger partial charge in [-0.05, 0) is 56.0 Å². The van der Waals surface area contributed by atoms with Crippen LogP contribution in [0.3, 0.4) is 0 Å². The first kappa shape index (κ1) is 19.9. The second kappa shape index (κ2) is 7.56. The summed E-state index contributed by atoms with van der Waals surface area (Å²) in [6.07, 6.45) is 3.00. The number of nitrogens with one attached hydrogen (secondary N) is 2. The molecule has 0 aliphatic rings. The molecule has 0 amide bonds. The van der Waals surface area contributed by atoms with Gasteiger partial charge in [0, 0.05) is 5.69 Å². The Morgan fingerprint density at radius 2 is 1.91 bits per heavy atom. The minimum Gasteiger partial charge on any atom is -0.360 e. The molecule has 0 radical (unpaired) electrons. The number of hydrogen-bond donors (Lipinski definition) is 2. The second-order valence-electron chi connectivity index (χ2n) is 7.92. The van der Waals surface area contributed by atoms with Crippen molar-refractivity contribution >= 4 is 27.8 Å². The molecule has 0 saturated carbocycles. The first-order valence-electron chi connectivity index (χ1n) is 10.3. The molecule has 5 rings (SSSR count).